The summed E-state index contributed by atoms with van der Waals surface area (Å²) in [6.07, 6.45) is 2.33. The van der Waals surface area contributed by atoms with E-state index in [0.29, 0.717) is 5.06 Å². The van der Waals surface area contributed by atoms with Crippen LogP contribution in [-0.2, 0) is 4.84 Å². The lowest BCUT2D eigenvalue weighted by Crippen LogP contribution is -2.33. The monoisotopic (exact) mass is 327 g/mol. The molecule has 0 aliphatic carbocycles. The van der Waals surface area contributed by atoms with E-state index in [1.807, 2.05) is 13.8 Å². The van der Waals surface area contributed by atoms with Crippen LogP contribution in [0.4, 0.5) is 0 Å². The molecule has 0 radical (unpaired) electrons. The number of hydrogen-bond acceptors (Lipinski definition) is 7. The van der Waals surface area contributed by atoms with Gasteiger partial charge < -0.3 is 9.57 Å². The number of carbonyl (C=O) groups is 3. The highest BCUT2D eigenvalue weighted by Crippen LogP contribution is 2.23. The van der Waals surface area contributed by atoms with E-state index in [-0.39, 0.29) is 28.8 Å². The summed E-state index contributed by atoms with van der Waals surface area (Å²) in [5, 5.41) is 0.424. The third-order valence-electron chi connectivity index (χ3n) is 3.12. The number of hydroxylamine groups is 2. The van der Waals surface area contributed by atoms with Crippen LogP contribution in [0.2, 0.25) is 0 Å². The molecule has 24 heavy (non-hydrogen) atoms. The van der Waals surface area contributed by atoms with E-state index < -0.39 is 17.8 Å². The minimum absolute atomic E-state index is 0.0875. The van der Waals surface area contributed by atoms with Gasteiger partial charge in [0.05, 0.1) is 29.6 Å². The lowest BCUT2D eigenvalue weighted by Gasteiger charge is -2.12. The quantitative estimate of drug-likeness (QED) is 0.787. The lowest BCUT2D eigenvalue weighted by molar-refractivity contribution is -0.0588. The van der Waals surface area contributed by atoms with Gasteiger partial charge in [-0.15, -0.1) is 0 Å². The predicted molar refractivity (Wildman–Crippen MR) is 80.2 cm³/mol. The summed E-state index contributed by atoms with van der Waals surface area (Å²) in [7, 11) is 0. The van der Waals surface area contributed by atoms with Crippen molar-refractivity contribution in [3.05, 3.63) is 53.5 Å². The van der Waals surface area contributed by atoms with Crippen LogP contribution in [0.1, 0.15) is 45.1 Å². The number of imide groups is 1. The molecule has 1 aromatic carbocycles. The van der Waals surface area contributed by atoms with Crippen molar-refractivity contribution in [3.63, 3.8) is 0 Å². The summed E-state index contributed by atoms with van der Waals surface area (Å²) in [5.74, 6) is -2.11. The van der Waals surface area contributed by atoms with Crippen molar-refractivity contribution in [1.82, 2.24) is 15.0 Å². The second-order valence-corrected chi connectivity index (χ2v) is 5.24. The molecule has 0 saturated heterocycles. The first-order valence-electron chi connectivity index (χ1n) is 7.16. The summed E-state index contributed by atoms with van der Waals surface area (Å²) in [4.78, 5) is 49.0. The second kappa shape index (κ2) is 6.07. The molecular formula is C16H13N3O5. The van der Waals surface area contributed by atoms with Crippen LogP contribution in [0.5, 0.6) is 5.88 Å². The number of hydrogen-bond donors (Lipinski definition) is 0. The second-order valence-electron chi connectivity index (χ2n) is 5.24. The Labute approximate surface area is 137 Å². The highest BCUT2D eigenvalue weighted by molar-refractivity contribution is 6.21. The average Bonchev–Trinajstić information content (AvgIpc) is 2.80. The molecule has 8 nitrogen and oxygen atoms in total. The maximum Gasteiger partial charge on any atom is 0.383 e. The fraction of sp³-hybridized carbons (Fsp3) is 0.188. The molecule has 0 spiro atoms. The van der Waals surface area contributed by atoms with Crippen molar-refractivity contribution in [2.45, 2.75) is 20.0 Å². The van der Waals surface area contributed by atoms with E-state index >= 15 is 0 Å². The summed E-state index contributed by atoms with van der Waals surface area (Å²) in [5.41, 5.74) is 0.215. The van der Waals surface area contributed by atoms with Gasteiger partial charge in [-0.25, -0.2) is 14.8 Å². The SMILES string of the molecule is CC(C)Oc1cnc(C(=O)ON2C(=O)c3ccccc3C2=O)cn1. The van der Waals surface area contributed by atoms with Crippen molar-refractivity contribution in [2.75, 3.05) is 0 Å². The van der Waals surface area contributed by atoms with Crippen molar-refractivity contribution in [1.29, 1.82) is 0 Å². The van der Waals surface area contributed by atoms with Crippen molar-refractivity contribution >= 4 is 17.8 Å². The van der Waals surface area contributed by atoms with Crippen LogP contribution in [0, 0.1) is 0 Å². The Balaban J connectivity index is 1.74. The number of fused-ring (bicyclic) bond motifs is 1. The topological polar surface area (TPSA) is 98.7 Å². The Morgan fingerprint density at radius 2 is 1.67 bits per heavy atom. The van der Waals surface area contributed by atoms with E-state index in [4.69, 9.17) is 9.57 Å². The van der Waals surface area contributed by atoms with E-state index in [0.717, 1.165) is 6.20 Å². The Bertz CT molecular complexity index is 782. The van der Waals surface area contributed by atoms with E-state index in [9.17, 15) is 14.4 Å². The smallest absolute Gasteiger partial charge is 0.383 e. The molecule has 0 N–H and O–H groups in total. The number of carbonyl (C=O) groups excluding carboxylic acids is 3. The maximum absolute atomic E-state index is 12.1. The molecule has 1 aromatic heterocycles. The first kappa shape index (κ1) is 15.6. The van der Waals surface area contributed by atoms with Gasteiger partial charge in [0.2, 0.25) is 5.88 Å². The molecule has 122 valence electrons. The van der Waals surface area contributed by atoms with E-state index in [2.05, 4.69) is 9.97 Å². The average molecular weight is 327 g/mol. The molecule has 3 rings (SSSR count). The molecule has 1 aliphatic heterocycles. The molecule has 8 heteroatoms. The first-order chi connectivity index (χ1) is 11.5. The van der Waals surface area contributed by atoms with Gasteiger partial charge in [-0.3, -0.25) is 9.59 Å². The Hall–Kier alpha value is -3.29. The number of amides is 2. The molecule has 0 saturated carbocycles. The molecule has 2 aromatic rings. The van der Waals surface area contributed by atoms with Crippen LogP contribution in [0.3, 0.4) is 0 Å². The first-order valence-corrected chi connectivity index (χ1v) is 7.16. The molecule has 1 aliphatic rings. The number of aromatic nitrogens is 2. The Morgan fingerprint density at radius 1 is 1.04 bits per heavy atom. The van der Waals surface area contributed by atoms with Gasteiger partial charge in [0.25, 0.3) is 11.8 Å². The molecule has 0 unspecified atom stereocenters. The van der Waals surface area contributed by atoms with Gasteiger partial charge in [0.1, 0.15) is 0 Å². The largest absolute Gasteiger partial charge is 0.474 e. The minimum atomic E-state index is -0.965. The Morgan fingerprint density at radius 3 is 2.17 bits per heavy atom. The number of benzene rings is 1. The van der Waals surface area contributed by atoms with Crippen LogP contribution >= 0.6 is 0 Å². The molecular weight excluding hydrogens is 314 g/mol. The third-order valence-corrected chi connectivity index (χ3v) is 3.12. The molecule has 2 heterocycles. The number of nitrogens with zero attached hydrogens (tertiary/aromatic N) is 3. The Kier molecular flexibility index (Phi) is 3.95. The van der Waals surface area contributed by atoms with Gasteiger partial charge in [-0.05, 0) is 26.0 Å². The lowest BCUT2D eigenvalue weighted by atomic mass is 10.1. The molecule has 0 atom stereocenters. The maximum atomic E-state index is 12.1. The molecule has 2 amide bonds. The zero-order chi connectivity index (χ0) is 17.3. The molecule has 0 bridgehead atoms. The van der Waals surface area contributed by atoms with E-state index in [1.165, 1.54) is 18.3 Å². The van der Waals surface area contributed by atoms with Crippen LogP contribution in [-0.4, -0.2) is 38.9 Å². The fourth-order valence-electron chi connectivity index (χ4n) is 2.10. The zero-order valence-electron chi connectivity index (χ0n) is 12.9. The minimum Gasteiger partial charge on any atom is -0.474 e. The number of rotatable bonds is 4. The van der Waals surface area contributed by atoms with Crippen molar-refractivity contribution < 1.29 is 24.0 Å². The summed E-state index contributed by atoms with van der Waals surface area (Å²) >= 11 is 0. The third kappa shape index (κ3) is 2.81. The zero-order valence-corrected chi connectivity index (χ0v) is 12.9. The highest BCUT2D eigenvalue weighted by atomic mass is 16.7. The highest BCUT2D eigenvalue weighted by Gasteiger charge is 2.39. The summed E-state index contributed by atoms with van der Waals surface area (Å²) in [6, 6.07) is 6.21. The van der Waals surface area contributed by atoms with Gasteiger partial charge in [0, 0.05) is 0 Å². The van der Waals surface area contributed by atoms with Crippen LogP contribution < -0.4 is 4.74 Å². The standard InChI is InChI=1S/C16H13N3O5/c1-9(2)23-13-8-17-12(7-18-13)16(22)24-19-14(20)10-5-3-4-6-11(10)15(19)21/h3-9H,1-2H3. The summed E-state index contributed by atoms with van der Waals surface area (Å²) < 4.78 is 5.31. The van der Waals surface area contributed by atoms with Gasteiger partial charge in [-0.2, -0.15) is 0 Å². The number of ether oxygens (including phenoxy) is 1. The normalized spacial score (nSPS) is 13.2. The molecule has 0 fully saturated rings. The predicted octanol–water partition coefficient (Wildman–Crippen LogP) is 1.63. The van der Waals surface area contributed by atoms with Gasteiger partial charge >= 0.3 is 5.97 Å². The summed E-state index contributed by atoms with van der Waals surface area (Å²) in [6.45, 7) is 3.65. The van der Waals surface area contributed by atoms with Gasteiger partial charge in [0.15, 0.2) is 5.69 Å². The van der Waals surface area contributed by atoms with Crippen LogP contribution in [0.25, 0.3) is 0 Å². The van der Waals surface area contributed by atoms with E-state index in [1.54, 1.807) is 12.1 Å². The van der Waals surface area contributed by atoms with Gasteiger partial charge in [-0.1, -0.05) is 17.2 Å². The fourth-order valence-corrected chi connectivity index (χ4v) is 2.10. The van der Waals surface area contributed by atoms with Crippen molar-refractivity contribution in [2.24, 2.45) is 0 Å². The van der Waals surface area contributed by atoms with Crippen molar-refractivity contribution in [3.8, 4) is 5.88 Å². The van der Waals surface area contributed by atoms with Crippen LogP contribution in [0.15, 0.2) is 36.7 Å².